The predicted octanol–water partition coefficient (Wildman–Crippen LogP) is 1.61. The van der Waals surface area contributed by atoms with Gasteiger partial charge in [-0.1, -0.05) is 0 Å². The molecule has 1 aliphatic rings. The summed E-state index contributed by atoms with van der Waals surface area (Å²) in [4.78, 5) is 3.12. The molecule has 1 aliphatic heterocycles. The van der Waals surface area contributed by atoms with Crippen molar-refractivity contribution in [1.82, 2.24) is 4.81 Å². The van der Waals surface area contributed by atoms with Crippen molar-refractivity contribution in [1.29, 1.82) is 0 Å². The van der Waals surface area contributed by atoms with Gasteiger partial charge < -0.3 is 9.55 Å². The number of hydrogen-bond acceptors (Lipinski definition) is 3. The molecule has 2 nitrogen and oxygen atoms in total. The maximum absolute atomic E-state index is 5.79. The van der Waals surface area contributed by atoms with Crippen LogP contribution in [0.3, 0.4) is 0 Å². The van der Waals surface area contributed by atoms with Crippen LogP contribution < -0.4 is 0 Å². The number of nitrogens with zero attached hydrogens (tertiary/aromatic N) is 1. The Labute approximate surface area is 122 Å². The molecule has 0 amide bonds. The summed E-state index contributed by atoms with van der Waals surface area (Å²) < 4.78 is 5.60. The molecule has 0 bridgehead atoms. The monoisotopic (exact) mass is 295 g/mol. The Morgan fingerprint density at radius 2 is 2.53 bits per heavy atom. The van der Waals surface area contributed by atoms with Crippen LogP contribution in [0.5, 0.6) is 0 Å². The molecule has 1 aromatic heterocycles. The van der Waals surface area contributed by atoms with Crippen molar-refractivity contribution in [2.75, 3.05) is 13.2 Å². The van der Waals surface area contributed by atoms with Gasteiger partial charge >= 0.3 is 0 Å². The van der Waals surface area contributed by atoms with Crippen molar-refractivity contribution in [2.45, 2.75) is 25.5 Å². The third-order valence-electron chi connectivity index (χ3n) is 2.50. The van der Waals surface area contributed by atoms with Gasteiger partial charge in [0, 0.05) is 45.4 Å². The van der Waals surface area contributed by atoms with Crippen LogP contribution in [0, 0.1) is 5.38 Å². The molecule has 0 saturated carbocycles. The summed E-state index contributed by atoms with van der Waals surface area (Å²) >= 11 is 1.61. The summed E-state index contributed by atoms with van der Waals surface area (Å²) in [7, 11) is 5.79. The van der Waals surface area contributed by atoms with E-state index < -0.39 is 0 Å². The quantitative estimate of drug-likeness (QED) is 0.618. The van der Waals surface area contributed by atoms with E-state index in [0.717, 1.165) is 19.6 Å². The van der Waals surface area contributed by atoms with Crippen molar-refractivity contribution >= 4 is 19.3 Å². The summed E-state index contributed by atoms with van der Waals surface area (Å²) in [6.45, 7) is 2.44. The van der Waals surface area contributed by atoms with E-state index in [2.05, 4.69) is 5.38 Å². The Balaban J connectivity index is 0.00000112. The van der Waals surface area contributed by atoms with Crippen molar-refractivity contribution in [3.05, 3.63) is 22.4 Å². The summed E-state index contributed by atoms with van der Waals surface area (Å²) in [6, 6.07) is 4.38. The maximum atomic E-state index is 5.79. The first-order valence-corrected chi connectivity index (χ1v) is 5.72. The molecule has 1 aromatic rings. The molecule has 1 saturated heterocycles. The Kier molecular flexibility index (Phi) is 6.63. The van der Waals surface area contributed by atoms with E-state index >= 15 is 0 Å². The molecule has 0 spiro atoms. The number of rotatable bonds is 4. The average Bonchev–Trinajstić information content (AvgIpc) is 2.78. The first-order chi connectivity index (χ1) is 6.86. The van der Waals surface area contributed by atoms with Crippen LogP contribution in [0.15, 0.2) is 12.1 Å². The van der Waals surface area contributed by atoms with Crippen LogP contribution in [0.2, 0.25) is 0 Å². The minimum Gasteiger partial charge on any atom is -0.388 e. The fraction of sp³-hybridized carbons (Fsp3) is 0.600. The molecule has 0 aliphatic carbocycles. The third kappa shape index (κ3) is 4.27. The van der Waals surface area contributed by atoms with Crippen molar-refractivity contribution in [2.24, 2.45) is 0 Å². The molecule has 0 aromatic carbocycles. The molecular weight excluding hydrogens is 282 g/mol. The van der Waals surface area contributed by atoms with Gasteiger partial charge in [0.05, 0.1) is 6.61 Å². The van der Waals surface area contributed by atoms with Gasteiger partial charge in [0.15, 0.2) is 7.98 Å². The molecule has 15 heavy (non-hydrogen) atoms. The molecule has 0 N–H and O–H groups in total. The molecule has 3 radical (unpaired) electrons. The zero-order chi connectivity index (χ0) is 9.80. The Hall–Kier alpha value is 0.789. The van der Waals surface area contributed by atoms with E-state index in [0.29, 0.717) is 12.6 Å². The van der Waals surface area contributed by atoms with Gasteiger partial charge in [-0.05, 0) is 19.4 Å². The maximum Gasteiger partial charge on any atom is 0.182 e. The summed E-state index contributed by atoms with van der Waals surface area (Å²) in [6.07, 6.45) is 2.35. The van der Waals surface area contributed by atoms with E-state index in [1.807, 2.05) is 16.9 Å². The molecule has 5 heteroatoms. The van der Waals surface area contributed by atoms with Crippen LogP contribution >= 0.6 is 11.3 Å². The van der Waals surface area contributed by atoms with E-state index in [1.54, 1.807) is 11.3 Å². The third-order valence-corrected chi connectivity index (χ3v) is 3.27. The first-order valence-electron chi connectivity index (χ1n) is 4.90. The second kappa shape index (κ2) is 7.18. The largest absolute Gasteiger partial charge is 0.388 e. The fourth-order valence-corrected chi connectivity index (χ4v) is 2.25. The van der Waals surface area contributed by atoms with Gasteiger partial charge in [-0.25, -0.2) is 0 Å². The van der Waals surface area contributed by atoms with Gasteiger partial charge in [0.1, 0.15) is 0 Å². The Morgan fingerprint density at radius 1 is 1.67 bits per heavy atom. The molecular formula is C10H13BNOSY-. The SMILES string of the molecule is [B]N1CCCC1COCc1cc[c-]s1.[Y]. The van der Waals surface area contributed by atoms with Crippen LogP contribution in [-0.2, 0) is 44.1 Å². The summed E-state index contributed by atoms with van der Waals surface area (Å²) in [5.41, 5.74) is 0. The zero-order valence-electron chi connectivity index (χ0n) is 8.69. The number of ether oxygens (including phenoxy) is 1. The topological polar surface area (TPSA) is 12.5 Å². The molecule has 2 rings (SSSR count). The second-order valence-corrected chi connectivity index (χ2v) is 4.53. The molecule has 1 fully saturated rings. The zero-order valence-corrected chi connectivity index (χ0v) is 12.3. The van der Waals surface area contributed by atoms with Crippen LogP contribution in [0.25, 0.3) is 0 Å². The summed E-state index contributed by atoms with van der Waals surface area (Å²) in [5.74, 6) is 0. The van der Waals surface area contributed by atoms with Crippen LogP contribution in [-0.4, -0.2) is 32.0 Å². The minimum absolute atomic E-state index is 0. The smallest absolute Gasteiger partial charge is 0.182 e. The average molecular weight is 295 g/mol. The number of hydrogen-bond donors (Lipinski definition) is 0. The van der Waals surface area contributed by atoms with Gasteiger partial charge in [0.25, 0.3) is 0 Å². The van der Waals surface area contributed by atoms with Gasteiger partial charge in [-0.15, -0.1) is 10.3 Å². The minimum atomic E-state index is 0. The Morgan fingerprint density at radius 3 is 3.13 bits per heavy atom. The van der Waals surface area contributed by atoms with Crippen molar-refractivity contribution in [3.63, 3.8) is 0 Å². The second-order valence-electron chi connectivity index (χ2n) is 3.57. The van der Waals surface area contributed by atoms with Crippen molar-refractivity contribution in [3.8, 4) is 0 Å². The van der Waals surface area contributed by atoms with Crippen molar-refractivity contribution < 1.29 is 37.4 Å². The molecule has 1 atom stereocenters. The van der Waals surface area contributed by atoms with Gasteiger partial charge in [-0.3, -0.25) is 11.3 Å². The molecule has 77 valence electrons. The Bertz CT molecular complexity index is 270. The first kappa shape index (κ1) is 13.9. The fourth-order valence-electron chi connectivity index (χ4n) is 1.68. The van der Waals surface area contributed by atoms with Crippen LogP contribution in [0.4, 0.5) is 0 Å². The summed E-state index contributed by atoms with van der Waals surface area (Å²) in [5, 5.41) is 3.04. The molecule has 1 unspecified atom stereocenters. The number of thiophene rings is 1. The normalized spacial score (nSPS) is 21.5. The van der Waals surface area contributed by atoms with E-state index in [-0.39, 0.29) is 32.7 Å². The van der Waals surface area contributed by atoms with Crippen LogP contribution in [0.1, 0.15) is 17.7 Å². The molecule has 2 heterocycles. The van der Waals surface area contributed by atoms with Gasteiger partial charge in [0.2, 0.25) is 0 Å². The van der Waals surface area contributed by atoms with E-state index in [4.69, 9.17) is 12.7 Å². The predicted molar refractivity (Wildman–Crippen MR) is 58.3 cm³/mol. The van der Waals surface area contributed by atoms with E-state index in [1.165, 1.54) is 11.3 Å². The van der Waals surface area contributed by atoms with E-state index in [9.17, 15) is 0 Å². The van der Waals surface area contributed by atoms with Gasteiger partial charge in [-0.2, -0.15) is 12.1 Å². The standard InChI is InChI=1S/C10H13BNOS.Y/c11-12-5-1-3-9(12)7-13-8-10-4-2-6-14-10;/h2,4,9H,1,3,5,7-8H2;/q-1;.